The maximum absolute atomic E-state index is 12.3. The lowest BCUT2D eigenvalue weighted by Crippen LogP contribution is -2.53. The van der Waals surface area contributed by atoms with Crippen molar-refractivity contribution in [2.45, 2.75) is 75.9 Å². The standard InChI is InChI=1S/C41H63N9O16S/c51-32(11-9-30(38(62)63)45-40(66)46-31(39(64)65)10-12-33(52)53)42-13-3-1-2-4-14-43-41(67)44-28-7-5-27(6-8-28)21-29-22-49(25-36(58)59)18-17-47(23-34(54)55)15-16-48(24-35(56)57)19-20-50(29)26-37(60)61/h5-8,29-31H,1-4,9-26H2,(H,42,51)(H,52,53)(H,54,55)(H,56,57)(H,58,59)(H,60,61)(H,62,63)(H,64,65)(H2,43,44,67)(H2,45,46,66). The smallest absolute Gasteiger partial charge is 0.326 e. The maximum atomic E-state index is 12.3. The molecule has 1 fully saturated rings. The first-order valence-electron chi connectivity index (χ1n) is 21.6. The lowest BCUT2D eigenvalue weighted by Gasteiger charge is -2.37. The van der Waals surface area contributed by atoms with Crippen LogP contribution in [0.25, 0.3) is 0 Å². The van der Waals surface area contributed by atoms with Gasteiger partial charge in [0.05, 0.1) is 26.2 Å². The highest BCUT2D eigenvalue weighted by atomic mass is 32.1. The minimum atomic E-state index is -1.55. The molecule has 1 heterocycles. The fourth-order valence-corrected chi connectivity index (χ4v) is 7.29. The van der Waals surface area contributed by atoms with E-state index in [1.165, 1.54) is 0 Å². The second-order valence-electron chi connectivity index (χ2n) is 15.9. The van der Waals surface area contributed by atoms with Gasteiger partial charge in [-0.15, -0.1) is 0 Å². The highest BCUT2D eigenvalue weighted by Crippen LogP contribution is 2.16. The number of thiocarbonyl (C=S) groups is 1. The summed E-state index contributed by atoms with van der Waals surface area (Å²) in [7, 11) is 0. The molecule has 374 valence electrons. The van der Waals surface area contributed by atoms with Crippen molar-refractivity contribution in [1.82, 2.24) is 40.9 Å². The molecule has 0 saturated carbocycles. The number of carboxylic acids is 7. The quantitative estimate of drug-likeness (QED) is 0.0353. The molecule has 0 aromatic heterocycles. The van der Waals surface area contributed by atoms with E-state index in [0.29, 0.717) is 36.7 Å². The van der Waals surface area contributed by atoms with Crippen molar-refractivity contribution in [3.63, 3.8) is 0 Å². The van der Waals surface area contributed by atoms with Gasteiger partial charge in [0.25, 0.3) is 0 Å². The van der Waals surface area contributed by atoms with Crippen molar-refractivity contribution in [1.29, 1.82) is 0 Å². The van der Waals surface area contributed by atoms with Gasteiger partial charge in [0.15, 0.2) is 5.11 Å². The zero-order chi connectivity index (χ0) is 49.9. The number of carbonyl (C=O) groups excluding carboxylic acids is 2. The van der Waals surface area contributed by atoms with Crippen LogP contribution in [0.4, 0.5) is 10.5 Å². The maximum Gasteiger partial charge on any atom is 0.326 e. The van der Waals surface area contributed by atoms with Gasteiger partial charge in [0, 0.05) is 83.5 Å². The van der Waals surface area contributed by atoms with Crippen LogP contribution >= 0.6 is 12.2 Å². The zero-order valence-electron chi connectivity index (χ0n) is 37.1. The third-order valence-corrected chi connectivity index (χ3v) is 10.7. The first-order valence-corrected chi connectivity index (χ1v) is 22.0. The number of anilines is 1. The van der Waals surface area contributed by atoms with Crippen molar-refractivity contribution in [2.24, 2.45) is 0 Å². The SMILES string of the molecule is O=C(O)CCC(NC(=O)NC(CCC(=O)NCCCCCCNC(=S)Nc1ccc(CC2CN(CC(=O)O)CCN(CC(=O)O)CCN(CC(=O)O)CCN2CC(=O)O)cc1)C(=O)O)C(=O)O. The molecule has 2 rings (SSSR count). The summed E-state index contributed by atoms with van der Waals surface area (Å²) in [5.41, 5.74) is 1.48. The minimum absolute atomic E-state index is 0.138. The summed E-state index contributed by atoms with van der Waals surface area (Å²) in [5, 5.41) is 79.3. The van der Waals surface area contributed by atoms with E-state index < -0.39 is 84.7 Å². The van der Waals surface area contributed by atoms with Crippen molar-refractivity contribution < 1.29 is 78.9 Å². The molecule has 0 bridgehead atoms. The minimum Gasteiger partial charge on any atom is -0.481 e. The Morgan fingerprint density at radius 2 is 1.03 bits per heavy atom. The van der Waals surface area contributed by atoms with E-state index in [2.05, 4.69) is 21.3 Å². The van der Waals surface area contributed by atoms with Crippen LogP contribution in [0.3, 0.4) is 0 Å². The number of carbonyl (C=O) groups is 9. The zero-order valence-corrected chi connectivity index (χ0v) is 37.9. The van der Waals surface area contributed by atoms with Gasteiger partial charge in [-0.05, 0) is 62.0 Å². The Kier molecular flexibility index (Phi) is 26.2. The van der Waals surface area contributed by atoms with E-state index in [9.17, 15) is 73.8 Å². The highest BCUT2D eigenvalue weighted by molar-refractivity contribution is 7.80. The number of hydrogen-bond acceptors (Lipinski definition) is 14. The number of urea groups is 1. The Bertz CT molecular complexity index is 1840. The number of nitrogens with zero attached hydrogens (tertiary/aromatic N) is 4. The van der Waals surface area contributed by atoms with E-state index >= 15 is 0 Å². The molecule has 3 atom stereocenters. The first kappa shape index (κ1) is 56.9. The van der Waals surface area contributed by atoms with Crippen LogP contribution in [0, 0.1) is 0 Å². The summed E-state index contributed by atoms with van der Waals surface area (Å²) in [6, 6.07) is 2.55. The van der Waals surface area contributed by atoms with Gasteiger partial charge in [0.1, 0.15) is 12.1 Å². The predicted molar refractivity (Wildman–Crippen MR) is 242 cm³/mol. The number of hydrogen-bond donors (Lipinski definition) is 12. The van der Waals surface area contributed by atoms with Crippen LogP contribution in [0.2, 0.25) is 0 Å². The second kappa shape index (κ2) is 30.9. The van der Waals surface area contributed by atoms with Crippen LogP contribution in [0.5, 0.6) is 0 Å². The summed E-state index contributed by atoms with van der Waals surface area (Å²) >= 11 is 5.45. The van der Waals surface area contributed by atoms with Crippen LogP contribution < -0.4 is 26.6 Å². The van der Waals surface area contributed by atoms with E-state index in [4.69, 9.17) is 17.3 Å². The molecule has 1 aliphatic heterocycles. The molecule has 67 heavy (non-hydrogen) atoms. The van der Waals surface area contributed by atoms with E-state index in [-0.39, 0.29) is 84.8 Å². The molecule has 0 spiro atoms. The van der Waals surface area contributed by atoms with Gasteiger partial charge < -0.3 is 62.3 Å². The first-order chi connectivity index (χ1) is 31.7. The van der Waals surface area contributed by atoms with Gasteiger partial charge in [-0.1, -0.05) is 25.0 Å². The third-order valence-electron chi connectivity index (χ3n) is 10.5. The number of benzene rings is 1. The lowest BCUT2D eigenvalue weighted by molar-refractivity contribution is -0.142. The molecule has 0 aliphatic carbocycles. The largest absolute Gasteiger partial charge is 0.481 e. The van der Waals surface area contributed by atoms with Crippen LogP contribution in [0.1, 0.15) is 56.9 Å². The van der Waals surface area contributed by atoms with Crippen LogP contribution in [-0.4, -0.2) is 217 Å². The van der Waals surface area contributed by atoms with Crippen LogP contribution in [-0.2, 0) is 44.8 Å². The molecule has 1 aromatic rings. The van der Waals surface area contributed by atoms with Crippen molar-refractivity contribution in [3.05, 3.63) is 29.8 Å². The van der Waals surface area contributed by atoms with Gasteiger partial charge in [0.2, 0.25) is 5.91 Å². The lowest BCUT2D eigenvalue weighted by atomic mass is 10.0. The molecule has 1 aromatic carbocycles. The average Bonchev–Trinajstić information content (AvgIpc) is 3.23. The topological polar surface area (TPSA) is 368 Å². The molecule has 0 radical (unpaired) electrons. The van der Waals surface area contributed by atoms with Crippen molar-refractivity contribution in [3.8, 4) is 0 Å². The molecule has 25 nitrogen and oxygen atoms in total. The average molecular weight is 970 g/mol. The van der Waals surface area contributed by atoms with Gasteiger partial charge >= 0.3 is 47.8 Å². The van der Waals surface area contributed by atoms with Crippen molar-refractivity contribution >= 4 is 76.7 Å². The predicted octanol–water partition coefficient (Wildman–Crippen LogP) is -1.03. The van der Waals surface area contributed by atoms with Gasteiger partial charge in [-0.3, -0.25) is 48.4 Å². The molecular weight excluding hydrogens is 907 g/mol. The van der Waals surface area contributed by atoms with E-state index in [0.717, 1.165) is 24.8 Å². The third kappa shape index (κ3) is 25.9. The molecule has 3 amide bonds. The summed E-state index contributed by atoms with van der Waals surface area (Å²) in [6.45, 7) is 0.730. The molecule has 1 saturated heterocycles. The van der Waals surface area contributed by atoms with Crippen molar-refractivity contribution in [2.75, 3.05) is 90.4 Å². The molecule has 1 aliphatic rings. The summed E-state index contributed by atoms with van der Waals surface area (Å²) < 4.78 is 0. The molecular formula is C41H63N9O16S. The number of rotatable bonds is 28. The summed E-state index contributed by atoms with van der Waals surface area (Å²) in [6.07, 6.45) is 1.81. The molecule has 26 heteroatoms. The highest BCUT2D eigenvalue weighted by Gasteiger charge is 2.28. The fourth-order valence-electron chi connectivity index (χ4n) is 7.07. The fraction of sp³-hybridized carbons (Fsp3) is 0.610. The Labute approximate surface area is 391 Å². The number of aliphatic carboxylic acids is 7. The summed E-state index contributed by atoms with van der Waals surface area (Å²) in [4.78, 5) is 112. The van der Waals surface area contributed by atoms with E-state index in [1.807, 2.05) is 17.4 Å². The normalized spacial score (nSPS) is 16.4. The summed E-state index contributed by atoms with van der Waals surface area (Å²) in [5.74, 6) is -9.02. The number of nitrogens with one attached hydrogen (secondary N) is 5. The number of amides is 3. The number of carboxylic acid groups (broad SMARTS) is 7. The van der Waals surface area contributed by atoms with Gasteiger partial charge in [-0.2, -0.15) is 0 Å². The van der Waals surface area contributed by atoms with Gasteiger partial charge in [-0.25, -0.2) is 14.4 Å². The molecule has 12 N–H and O–H groups in total. The number of unbranched alkanes of at least 4 members (excludes halogenated alkanes) is 3. The monoisotopic (exact) mass is 969 g/mol. The Hall–Kier alpha value is -6.22. The Morgan fingerprint density at radius 3 is 1.52 bits per heavy atom. The Balaban J connectivity index is 1.86. The second-order valence-corrected chi connectivity index (χ2v) is 16.3. The Morgan fingerprint density at radius 1 is 0.567 bits per heavy atom. The van der Waals surface area contributed by atoms with Crippen LogP contribution in [0.15, 0.2) is 24.3 Å². The van der Waals surface area contributed by atoms with E-state index in [1.54, 1.807) is 31.7 Å². The molecule has 3 unspecified atom stereocenters.